The molecule has 1 heterocycles. The average molecular weight is 398 g/mol. The van der Waals surface area contributed by atoms with Crippen LogP contribution in [0.2, 0.25) is 5.02 Å². The number of rotatable bonds is 7. The summed E-state index contributed by atoms with van der Waals surface area (Å²) < 4.78 is 13.1. The zero-order valence-electron chi connectivity index (χ0n) is 14.8. The summed E-state index contributed by atoms with van der Waals surface area (Å²) in [7, 11) is 0. The van der Waals surface area contributed by atoms with Gasteiger partial charge in [-0.3, -0.25) is 9.59 Å². The number of halogens is 2. The SMILES string of the molecule is CCN[C@H](C)CNC(=O)c1sc(NC(=O)c2ccc(F)cc2Cl)cc1C. The van der Waals surface area contributed by atoms with Gasteiger partial charge in [-0.05, 0) is 50.2 Å². The molecule has 8 heteroatoms. The number of anilines is 1. The number of carbonyl (C=O) groups is 2. The largest absolute Gasteiger partial charge is 0.350 e. The van der Waals surface area contributed by atoms with Crippen LogP contribution in [0.4, 0.5) is 9.39 Å². The van der Waals surface area contributed by atoms with Crippen LogP contribution in [-0.4, -0.2) is 30.9 Å². The molecule has 0 aliphatic carbocycles. The Kier molecular flexibility index (Phi) is 7.14. The number of aryl methyl sites for hydroxylation is 1. The Morgan fingerprint density at radius 1 is 1.27 bits per heavy atom. The van der Waals surface area contributed by atoms with Crippen molar-refractivity contribution in [2.75, 3.05) is 18.4 Å². The smallest absolute Gasteiger partial charge is 0.261 e. The second-order valence-corrected chi connectivity index (χ2v) is 7.33. The van der Waals surface area contributed by atoms with E-state index in [9.17, 15) is 14.0 Å². The maximum Gasteiger partial charge on any atom is 0.261 e. The Labute approximate surface area is 160 Å². The van der Waals surface area contributed by atoms with Crippen LogP contribution in [0.1, 0.15) is 39.4 Å². The predicted molar refractivity (Wildman–Crippen MR) is 104 cm³/mol. The van der Waals surface area contributed by atoms with Gasteiger partial charge in [0, 0.05) is 12.6 Å². The average Bonchev–Trinajstić information content (AvgIpc) is 2.93. The van der Waals surface area contributed by atoms with Crippen LogP contribution in [0.5, 0.6) is 0 Å². The van der Waals surface area contributed by atoms with Crippen molar-refractivity contribution in [2.45, 2.75) is 26.8 Å². The number of likely N-dealkylation sites (N-methyl/N-ethyl adjacent to an activating group) is 1. The third-order valence-corrected chi connectivity index (χ3v) is 5.12. The van der Waals surface area contributed by atoms with Gasteiger partial charge in [0.05, 0.1) is 20.5 Å². The van der Waals surface area contributed by atoms with Gasteiger partial charge in [-0.2, -0.15) is 0 Å². The van der Waals surface area contributed by atoms with Crippen molar-refractivity contribution in [1.29, 1.82) is 0 Å². The van der Waals surface area contributed by atoms with E-state index in [1.165, 1.54) is 23.5 Å². The molecule has 2 amide bonds. The minimum Gasteiger partial charge on any atom is -0.350 e. The molecule has 0 fully saturated rings. The molecule has 2 rings (SSSR count). The molecule has 0 aliphatic rings. The number of carbonyl (C=O) groups excluding carboxylic acids is 2. The summed E-state index contributed by atoms with van der Waals surface area (Å²) in [6.07, 6.45) is 0. The number of hydrogen-bond donors (Lipinski definition) is 3. The van der Waals surface area contributed by atoms with E-state index in [0.29, 0.717) is 16.4 Å². The van der Waals surface area contributed by atoms with Crippen LogP contribution in [0.15, 0.2) is 24.3 Å². The van der Waals surface area contributed by atoms with E-state index in [2.05, 4.69) is 16.0 Å². The lowest BCUT2D eigenvalue weighted by Gasteiger charge is -2.12. The van der Waals surface area contributed by atoms with E-state index >= 15 is 0 Å². The van der Waals surface area contributed by atoms with Gasteiger partial charge >= 0.3 is 0 Å². The van der Waals surface area contributed by atoms with Gasteiger partial charge in [0.1, 0.15) is 5.82 Å². The zero-order valence-corrected chi connectivity index (χ0v) is 16.4. The summed E-state index contributed by atoms with van der Waals surface area (Å²) in [6.45, 7) is 7.14. The molecule has 0 saturated carbocycles. The van der Waals surface area contributed by atoms with Gasteiger partial charge in [0.2, 0.25) is 0 Å². The third kappa shape index (κ3) is 5.27. The Morgan fingerprint density at radius 2 is 2.00 bits per heavy atom. The van der Waals surface area contributed by atoms with Gasteiger partial charge in [0.25, 0.3) is 11.8 Å². The minimum absolute atomic E-state index is 0.0335. The van der Waals surface area contributed by atoms with E-state index < -0.39 is 11.7 Å². The minimum atomic E-state index is -0.510. The van der Waals surface area contributed by atoms with Gasteiger partial charge in [-0.15, -0.1) is 11.3 Å². The molecular weight excluding hydrogens is 377 g/mol. The second-order valence-electron chi connectivity index (χ2n) is 5.87. The lowest BCUT2D eigenvalue weighted by Crippen LogP contribution is -2.38. The first kappa shape index (κ1) is 20.4. The summed E-state index contributed by atoms with van der Waals surface area (Å²) in [5.74, 6) is -1.15. The fraction of sp³-hybridized carbons (Fsp3) is 0.333. The lowest BCUT2D eigenvalue weighted by molar-refractivity contribution is 0.0952. The molecule has 2 aromatic rings. The number of thiophene rings is 1. The predicted octanol–water partition coefficient (Wildman–Crippen LogP) is 3.83. The highest BCUT2D eigenvalue weighted by Gasteiger charge is 2.17. The van der Waals surface area contributed by atoms with Crippen molar-refractivity contribution < 1.29 is 14.0 Å². The van der Waals surface area contributed by atoms with Crippen LogP contribution < -0.4 is 16.0 Å². The second kappa shape index (κ2) is 9.12. The van der Waals surface area contributed by atoms with Crippen molar-refractivity contribution in [3.05, 3.63) is 51.1 Å². The molecule has 140 valence electrons. The van der Waals surface area contributed by atoms with Crippen LogP contribution in [-0.2, 0) is 0 Å². The van der Waals surface area contributed by atoms with E-state index in [1.54, 1.807) is 13.0 Å². The summed E-state index contributed by atoms with van der Waals surface area (Å²) in [6, 6.07) is 5.47. The zero-order chi connectivity index (χ0) is 19.3. The molecule has 0 bridgehead atoms. The summed E-state index contributed by atoms with van der Waals surface area (Å²) >= 11 is 7.09. The molecule has 0 saturated heterocycles. The molecular formula is C18H21ClFN3O2S. The first-order valence-electron chi connectivity index (χ1n) is 8.20. The van der Waals surface area contributed by atoms with Crippen molar-refractivity contribution in [1.82, 2.24) is 10.6 Å². The first-order valence-corrected chi connectivity index (χ1v) is 9.39. The molecule has 1 atom stereocenters. The molecule has 0 aliphatic heterocycles. The van der Waals surface area contributed by atoms with E-state index in [0.717, 1.165) is 18.2 Å². The maximum absolute atomic E-state index is 13.1. The Hall–Kier alpha value is -1.96. The molecule has 3 N–H and O–H groups in total. The standard InChI is InChI=1S/C18H21ClFN3O2S/c1-4-21-11(3)9-22-18(25)16-10(2)7-15(26-16)23-17(24)13-6-5-12(20)8-14(13)19/h5-8,11,21H,4,9H2,1-3H3,(H,22,25)(H,23,24)/t11-/m1/s1. The van der Waals surface area contributed by atoms with Gasteiger partial charge in [-0.25, -0.2) is 4.39 Å². The Bertz CT molecular complexity index is 810. The molecule has 0 unspecified atom stereocenters. The van der Waals surface area contributed by atoms with Gasteiger partial charge < -0.3 is 16.0 Å². The highest BCUT2D eigenvalue weighted by atomic mass is 35.5. The maximum atomic E-state index is 13.1. The summed E-state index contributed by atoms with van der Waals surface area (Å²) in [4.78, 5) is 25.2. The number of hydrogen-bond acceptors (Lipinski definition) is 4. The van der Waals surface area contributed by atoms with Crippen LogP contribution >= 0.6 is 22.9 Å². The number of amides is 2. The number of nitrogens with one attached hydrogen (secondary N) is 3. The molecule has 26 heavy (non-hydrogen) atoms. The lowest BCUT2D eigenvalue weighted by atomic mass is 10.2. The normalized spacial score (nSPS) is 11.9. The molecule has 0 spiro atoms. The van der Waals surface area contributed by atoms with E-state index in [-0.39, 0.29) is 22.5 Å². The fourth-order valence-corrected chi connectivity index (χ4v) is 3.61. The van der Waals surface area contributed by atoms with Gasteiger partial charge in [-0.1, -0.05) is 18.5 Å². The van der Waals surface area contributed by atoms with Crippen LogP contribution in [0.25, 0.3) is 0 Å². The monoisotopic (exact) mass is 397 g/mol. The Balaban J connectivity index is 2.05. The molecule has 5 nitrogen and oxygen atoms in total. The summed E-state index contributed by atoms with van der Waals surface area (Å²) in [5.41, 5.74) is 0.939. The molecule has 1 aromatic heterocycles. The first-order chi connectivity index (χ1) is 12.3. The third-order valence-electron chi connectivity index (χ3n) is 3.66. The fourth-order valence-electron chi connectivity index (χ4n) is 2.37. The van der Waals surface area contributed by atoms with Crippen LogP contribution in [0.3, 0.4) is 0 Å². The van der Waals surface area contributed by atoms with Gasteiger partial charge in [0.15, 0.2) is 0 Å². The quantitative estimate of drug-likeness (QED) is 0.665. The van der Waals surface area contributed by atoms with Crippen molar-refractivity contribution >= 4 is 39.8 Å². The Morgan fingerprint density at radius 3 is 2.65 bits per heavy atom. The highest BCUT2D eigenvalue weighted by Crippen LogP contribution is 2.28. The highest BCUT2D eigenvalue weighted by molar-refractivity contribution is 7.18. The van der Waals surface area contributed by atoms with Crippen LogP contribution in [0, 0.1) is 12.7 Å². The van der Waals surface area contributed by atoms with Crippen molar-refractivity contribution in [2.24, 2.45) is 0 Å². The molecule has 1 aromatic carbocycles. The molecule has 0 radical (unpaired) electrons. The number of benzene rings is 1. The van der Waals surface area contributed by atoms with Crippen molar-refractivity contribution in [3.63, 3.8) is 0 Å². The van der Waals surface area contributed by atoms with Crippen molar-refractivity contribution in [3.8, 4) is 0 Å². The topological polar surface area (TPSA) is 70.2 Å². The van der Waals surface area contributed by atoms with E-state index in [1.807, 2.05) is 13.8 Å². The van der Waals surface area contributed by atoms with E-state index in [4.69, 9.17) is 11.6 Å². The summed E-state index contributed by atoms with van der Waals surface area (Å²) in [5, 5.41) is 9.35.